The molecule has 0 fully saturated rings. The van der Waals surface area contributed by atoms with Crippen molar-refractivity contribution in [2.24, 2.45) is 5.92 Å². The highest BCUT2D eigenvalue weighted by Crippen LogP contribution is 2.32. The molecule has 5 amide bonds. The molecular formula is C38H45F6N5O6. The normalized spacial score (nSPS) is 19.3. The van der Waals surface area contributed by atoms with Gasteiger partial charge in [-0.1, -0.05) is 6.92 Å². The van der Waals surface area contributed by atoms with Gasteiger partial charge >= 0.3 is 24.4 Å². The lowest BCUT2D eigenvalue weighted by Gasteiger charge is -2.35. The molecule has 300 valence electrons. The van der Waals surface area contributed by atoms with Crippen LogP contribution in [0.5, 0.6) is 5.75 Å². The first-order valence-electron chi connectivity index (χ1n) is 17.6. The van der Waals surface area contributed by atoms with E-state index in [1.54, 1.807) is 6.92 Å². The van der Waals surface area contributed by atoms with Crippen LogP contribution in [0.4, 0.5) is 53.0 Å². The third-order valence-corrected chi connectivity index (χ3v) is 9.04. The van der Waals surface area contributed by atoms with Crippen molar-refractivity contribution in [3.05, 3.63) is 83.4 Å². The second-order valence-electron chi connectivity index (χ2n) is 13.6. The molecule has 11 nitrogen and oxygen atoms in total. The Labute approximate surface area is 315 Å². The van der Waals surface area contributed by atoms with Crippen molar-refractivity contribution in [1.29, 1.82) is 0 Å². The standard InChI is InChI=1S/C38H45F6N5O6/c1-23-20-49(24(2)22-50)34(51)31-19-30(46-35(52)45-28-12-8-26(9-13-28)37(39,40)41)16-17-32(31)55-25(3)7-5-6-18-54-33(23)21-48(4)36(53)47-29-14-10-27(11-15-29)38(42,43)44/h8-17,19,23-25,33,50H,5-7,18,20-22H2,1-4H3,(H,47,53)(H2,45,46,52)/t23-,24+,25+,33+/m0/s1. The topological polar surface area (TPSA) is 132 Å². The first-order chi connectivity index (χ1) is 25.8. The van der Waals surface area contributed by atoms with Gasteiger partial charge in [0.05, 0.1) is 41.5 Å². The molecule has 3 aromatic rings. The zero-order valence-electron chi connectivity index (χ0n) is 30.8. The van der Waals surface area contributed by atoms with E-state index >= 15 is 0 Å². The van der Waals surface area contributed by atoms with E-state index < -0.39 is 66.1 Å². The smallest absolute Gasteiger partial charge is 0.416 e. The molecule has 0 spiro atoms. The molecule has 55 heavy (non-hydrogen) atoms. The van der Waals surface area contributed by atoms with Crippen molar-refractivity contribution in [3.63, 3.8) is 0 Å². The largest absolute Gasteiger partial charge is 0.490 e. The van der Waals surface area contributed by atoms with Crippen LogP contribution in [0.3, 0.4) is 0 Å². The molecule has 4 N–H and O–H groups in total. The Morgan fingerprint density at radius 2 is 1.42 bits per heavy atom. The highest BCUT2D eigenvalue weighted by Gasteiger charge is 2.33. The lowest BCUT2D eigenvalue weighted by molar-refractivity contribution is -0.138. The third-order valence-electron chi connectivity index (χ3n) is 9.04. The highest BCUT2D eigenvalue weighted by molar-refractivity contribution is 6.02. The van der Waals surface area contributed by atoms with E-state index in [0.717, 1.165) is 48.5 Å². The maximum atomic E-state index is 14.4. The van der Waals surface area contributed by atoms with E-state index in [9.17, 15) is 45.8 Å². The highest BCUT2D eigenvalue weighted by atomic mass is 19.4. The van der Waals surface area contributed by atoms with Crippen LogP contribution >= 0.6 is 0 Å². The Bertz CT molecular complexity index is 1760. The number of aliphatic hydroxyl groups excluding tert-OH is 1. The summed E-state index contributed by atoms with van der Waals surface area (Å²) < 4.78 is 90.4. The van der Waals surface area contributed by atoms with Crippen LogP contribution < -0.4 is 20.7 Å². The van der Waals surface area contributed by atoms with Gasteiger partial charge in [0.25, 0.3) is 5.91 Å². The van der Waals surface area contributed by atoms with Crippen LogP contribution in [0.25, 0.3) is 0 Å². The average Bonchev–Trinajstić information content (AvgIpc) is 3.12. The Kier molecular flexibility index (Phi) is 14.4. The molecule has 4 rings (SSSR count). The van der Waals surface area contributed by atoms with Gasteiger partial charge in [-0.15, -0.1) is 0 Å². The Morgan fingerprint density at radius 3 is 1.98 bits per heavy atom. The van der Waals surface area contributed by atoms with Crippen LogP contribution in [0.2, 0.25) is 0 Å². The van der Waals surface area contributed by atoms with Gasteiger partial charge in [-0.05, 0) is 99.8 Å². The third kappa shape index (κ3) is 12.2. The fourth-order valence-corrected chi connectivity index (χ4v) is 5.81. The van der Waals surface area contributed by atoms with Crippen LogP contribution in [0.15, 0.2) is 66.7 Å². The first-order valence-corrected chi connectivity index (χ1v) is 17.6. The van der Waals surface area contributed by atoms with E-state index in [2.05, 4.69) is 16.0 Å². The van der Waals surface area contributed by atoms with Crippen molar-refractivity contribution in [1.82, 2.24) is 9.80 Å². The Hall–Kier alpha value is -5.03. The van der Waals surface area contributed by atoms with Gasteiger partial charge in [-0.25, -0.2) is 9.59 Å². The van der Waals surface area contributed by atoms with E-state index in [4.69, 9.17) is 9.47 Å². The first kappa shape index (κ1) is 42.7. The Balaban J connectivity index is 1.54. The van der Waals surface area contributed by atoms with Crippen LogP contribution in [0.1, 0.15) is 61.5 Å². The van der Waals surface area contributed by atoms with E-state index in [1.165, 1.54) is 35.0 Å². The molecule has 0 unspecified atom stereocenters. The van der Waals surface area contributed by atoms with Crippen molar-refractivity contribution >= 4 is 35.0 Å². The number of carbonyl (C=O) groups is 3. The predicted octanol–water partition coefficient (Wildman–Crippen LogP) is 8.33. The molecule has 0 radical (unpaired) electrons. The van der Waals surface area contributed by atoms with Crippen molar-refractivity contribution in [2.75, 3.05) is 49.3 Å². The van der Waals surface area contributed by atoms with Crippen molar-refractivity contribution < 1.29 is 55.3 Å². The second-order valence-corrected chi connectivity index (χ2v) is 13.6. The molecule has 1 aliphatic heterocycles. The van der Waals surface area contributed by atoms with Crippen molar-refractivity contribution in [2.45, 2.75) is 70.6 Å². The SMILES string of the molecule is C[C@@H]1CCCCO[C@H](CN(C)C(=O)Nc2ccc(C(F)(F)F)cc2)[C@@H](C)CN([C@H](C)CO)C(=O)c2cc(NC(=O)Nc3ccc(C(F)(F)F)cc3)ccc2O1. The number of halogens is 6. The quantitative estimate of drug-likeness (QED) is 0.178. The maximum Gasteiger partial charge on any atom is 0.416 e. The summed E-state index contributed by atoms with van der Waals surface area (Å²) in [5, 5.41) is 17.8. The molecule has 4 atom stereocenters. The number of amides is 5. The summed E-state index contributed by atoms with van der Waals surface area (Å²) in [7, 11) is 1.51. The summed E-state index contributed by atoms with van der Waals surface area (Å²) in [4.78, 5) is 43.1. The molecule has 1 heterocycles. The lowest BCUT2D eigenvalue weighted by atomic mass is 10.0. The lowest BCUT2D eigenvalue weighted by Crippen LogP contribution is -2.48. The number of rotatable bonds is 7. The minimum Gasteiger partial charge on any atom is -0.490 e. The predicted molar refractivity (Wildman–Crippen MR) is 194 cm³/mol. The molecule has 0 saturated carbocycles. The number of ether oxygens (including phenoxy) is 2. The summed E-state index contributed by atoms with van der Waals surface area (Å²) in [6.07, 6.45) is -8.06. The van der Waals surface area contributed by atoms with Gasteiger partial charge in [-0.2, -0.15) is 26.3 Å². The number of hydrogen-bond donors (Lipinski definition) is 4. The molecule has 0 saturated heterocycles. The number of likely N-dealkylation sites (N-methyl/N-ethyl adjacent to an activating group) is 1. The summed E-state index contributed by atoms with van der Waals surface area (Å²) in [6.45, 7) is 5.36. The minimum atomic E-state index is -4.54. The molecular weight excluding hydrogens is 736 g/mol. The van der Waals surface area contributed by atoms with Crippen molar-refractivity contribution in [3.8, 4) is 5.75 Å². The molecule has 0 aromatic heterocycles. The van der Waals surface area contributed by atoms with E-state index in [-0.39, 0.29) is 47.6 Å². The fraction of sp³-hybridized carbons (Fsp3) is 0.447. The summed E-state index contributed by atoms with van der Waals surface area (Å²) >= 11 is 0. The number of nitrogens with one attached hydrogen (secondary N) is 3. The molecule has 17 heteroatoms. The molecule has 1 aliphatic rings. The summed E-state index contributed by atoms with van der Waals surface area (Å²) in [6, 6.07) is 10.3. The summed E-state index contributed by atoms with van der Waals surface area (Å²) in [5.74, 6) is -0.716. The monoisotopic (exact) mass is 781 g/mol. The number of alkyl halides is 6. The number of anilines is 3. The molecule has 0 aliphatic carbocycles. The maximum absolute atomic E-state index is 14.4. The van der Waals surface area contributed by atoms with Crippen LogP contribution in [-0.4, -0.2) is 84.5 Å². The minimum absolute atomic E-state index is 0.0562. The zero-order chi connectivity index (χ0) is 40.5. The molecule has 3 aromatic carbocycles. The number of carbonyl (C=O) groups excluding carboxylic acids is 3. The van der Waals surface area contributed by atoms with Gasteiger partial charge in [0.2, 0.25) is 0 Å². The van der Waals surface area contributed by atoms with Gasteiger partial charge in [0, 0.05) is 49.7 Å². The number of benzene rings is 3. The van der Waals surface area contributed by atoms with Crippen LogP contribution in [0, 0.1) is 5.92 Å². The fourth-order valence-electron chi connectivity index (χ4n) is 5.81. The zero-order valence-corrected chi connectivity index (χ0v) is 30.8. The molecule has 0 bridgehead atoms. The van der Waals surface area contributed by atoms with Gasteiger partial charge < -0.3 is 40.3 Å². The Morgan fingerprint density at radius 1 is 0.873 bits per heavy atom. The van der Waals surface area contributed by atoms with Crippen LogP contribution in [-0.2, 0) is 17.1 Å². The number of urea groups is 2. The van der Waals surface area contributed by atoms with Gasteiger partial charge in [0.1, 0.15) is 5.75 Å². The number of hydrogen-bond acceptors (Lipinski definition) is 6. The average molecular weight is 782 g/mol. The van der Waals surface area contributed by atoms with E-state index in [0.29, 0.717) is 25.9 Å². The van der Waals surface area contributed by atoms with Gasteiger partial charge in [0.15, 0.2) is 0 Å². The van der Waals surface area contributed by atoms with Gasteiger partial charge in [-0.3, -0.25) is 4.79 Å². The summed E-state index contributed by atoms with van der Waals surface area (Å²) in [5.41, 5.74) is -1.20. The number of fused-ring (bicyclic) bond motifs is 1. The number of nitrogens with zero attached hydrogens (tertiary/aromatic N) is 2. The second kappa shape index (κ2) is 18.5. The number of aliphatic hydroxyl groups is 1. The van der Waals surface area contributed by atoms with E-state index in [1.807, 2.05) is 13.8 Å².